The van der Waals surface area contributed by atoms with Crippen LogP contribution < -0.4 is 0 Å². The molecule has 0 bridgehead atoms. The monoisotopic (exact) mass is 726 g/mol. The van der Waals surface area contributed by atoms with E-state index in [1.165, 1.54) is 44.5 Å². The number of alkyl halides is 2. The molecule has 2 heteroatoms. The number of hydrogen-bond donors (Lipinski definition) is 0. The fourth-order valence-electron chi connectivity index (χ4n) is 6.95. The van der Waals surface area contributed by atoms with E-state index >= 15 is 0 Å². The van der Waals surface area contributed by atoms with Crippen LogP contribution in [0.1, 0.15) is 35.1 Å². The number of hydrogen-bond acceptors (Lipinski definition) is 0. The summed E-state index contributed by atoms with van der Waals surface area (Å²) in [6, 6.07) is 39.8. The molecule has 2 atom stereocenters. The molecule has 0 saturated heterocycles. The molecule has 0 heterocycles. The molecule has 0 fully saturated rings. The third-order valence-electron chi connectivity index (χ3n) is 8.71. The van der Waals surface area contributed by atoms with Crippen molar-refractivity contribution in [3.05, 3.63) is 168 Å². The van der Waals surface area contributed by atoms with E-state index in [1.54, 1.807) is 0 Å². The maximum absolute atomic E-state index is 2.81. The van der Waals surface area contributed by atoms with Crippen LogP contribution in [-0.2, 0) is 5.41 Å². The van der Waals surface area contributed by atoms with Gasteiger partial charge in [0.25, 0.3) is 0 Å². The fraction of sp³-hybridized carbons (Fsp3) is 0.135. The first-order chi connectivity index (χ1) is 19.1. The molecule has 0 saturated carbocycles. The largest absolute Gasteiger partial charge is 0.0750 e. The summed E-state index contributed by atoms with van der Waals surface area (Å²) in [5, 5.41) is 0. The van der Waals surface area contributed by atoms with Gasteiger partial charge in [-0.05, 0) is 57.4 Å². The van der Waals surface area contributed by atoms with Gasteiger partial charge in [-0.2, -0.15) is 0 Å². The molecule has 0 aliphatic heterocycles. The Morgan fingerprint density at radius 2 is 0.846 bits per heavy atom. The standard InChI is InChI=1S/C37H28I2/c38-35(23-19-29(20-24-35)27-11-3-1-4-12-27)37(33-17-9-7-15-31(33)32-16-8-10-18-34(32)37)36(39)25-21-30(22-26-36)28-13-5-2-6-14-28/h1-23,25H,24,26H2. The predicted molar refractivity (Wildman–Crippen MR) is 183 cm³/mol. The zero-order chi connectivity index (χ0) is 26.5. The molecule has 4 aromatic rings. The van der Waals surface area contributed by atoms with Crippen molar-refractivity contribution in [2.75, 3.05) is 0 Å². The highest BCUT2D eigenvalue weighted by Gasteiger charge is 2.64. The van der Waals surface area contributed by atoms with E-state index in [4.69, 9.17) is 0 Å². The predicted octanol–water partition coefficient (Wildman–Crippen LogP) is 10.4. The van der Waals surface area contributed by atoms with Gasteiger partial charge in [-0.3, -0.25) is 0 Å². The molecule has 0 aromatic heterocycles. The molecule has 2 unspecified atom stereocenters. The molecule has 3 aliphatic carbocycles. The van der Waals surface area contributed by atoms with Gasteiger partial charge in [-0.1, -0.05) is 191 Å². The second kappa shape index (κ2) is 9.74. The van der Waals surface area contributed by atoms with Crippen LogP contribution in [0, 0.1) is 0 Å². The van der Waals surface area contributed by atoms with Gasteiger partial charge in [-0.25, -0.2) is 0 Å². The van der Waals surface area contributed by atoms with Crippen molar-refractivity contribution in [1.29, 1.82) is 0 Å². The molecule has 0 nitrogen and oxygen atoms in total. The van der Waals surface area contributed by atoms with Crippen LogP contribution in [0.3, 0.4) is 0 Å². The van der Waals surface area contributed by atoms with Crippen LogP contribution in [0.4, 0.5) is 0 Å². The molecule has 3 aliphatic rings. The van der Waals surface area contributed by atoms with E-state index in [1.807, 2.05) is 0 Å². The van der Waals surface area contributed by atoms with Gasteiger partial charge < -0.3 is 0 Å². The second-order valence-corrected chi connectivity index (χ2v) is 14.5. The van der Waals surface area contributed by atoms with E-state index < -0.39 is 0 Å². The smallest absolute Gasteiger partial charge is 0.0592 e. The van der Waals surface area contributed by atoms with Crippen LogP contribution in [0.15, 0.2) is 146 Å². The highest BCUT2D eigenvalue weighted by molar-refractivity contribution is 14.1. The average molecular weight is 726 g/mol. The Kier molecular flexibility index (Phi) is 6.31. The third-order valence-corrected chi connectivity index (χ3v) is 11.9. The summed E-state index contributed by atoms with van der Waals surface area (Å²) in [6.45, 7) is 0. The first kappa shape index (κ1) is 25.3. The van der Waals surface area contributed by atoms with Gasteiger partial charge in [0.2, 0.25) is 0 Å². The first-order valence-electron chi connectivity index (χ1n) is 13.5. The second-order valence-electron chi connectivity index (χ2n) is 10.7. The highest BCUT2D eigenvalue weighted by atomic mass is 127. The Bertz CT molecular complexity index is 1550. The minimum atomic E-state index is -0.251. The van der Waals surface area contributed by atoms with Gasteiger partial charge in [0, 0.05) is 0 Å². The summed E-state index contributed by atoms with van der Waals surface area (Å²) >= 11 is 5.61. The lowest BCUT2D eigenvalue weighted by atomic mass is 9.57. The minimum Gasteiger partial charge on any atom is -0.0750 e. The molecular weight excluding hydrogens is 698 g/mol. The zero-order valence-corrected chi connectivity index (χ0v) is 25.8. The van der Waals surface area contributed by atoms with Gasteiger partial charge >= 0.3 is 0 Å². The van der Waals surface area contributed by atoms with Gasteiger partial charge in [-0.15, -0.1) is 0 Å². The average Bonchev–Trinajstić information content (AvgIpc) is 3.31. The zero-order valence-electron chi connectivity index (χ0n) is 21.5. The number of benzene rings is 4. The fourth-order valence-corrected chi connectivity index (χ4v) is 10.4. The van der Waals surface area contributed by atoms with Gasteiger partial charge in [0.15, 0.2) is 0 Å². The summed E-state index contributed by atoms with van der Waals surface area (Å²) in [5.41, 5.74) is 10.6. The lowest BCUT2D eigenvalue weighted by Gasteiger charge is -2.55. The molecule has 4 aromatic carbocycles. The summed E-state index contributed by atoms with van der Waals surface area (Å²) in [7, 11) is 0. The van der Waals surface area contributed by atoms with Crippen LogP contribution in [0.2, 0.25) is 0 Å². The molecule has 0 radical (unpaired) electrons. The van der Waals surface area contributed by atoms with E-state index in [0.717, 1.165) is 12.8 Å². The van der Waals surface area contributed by atoms with E-state index in [9.17, 15) is 0 Å². The van der Waals surface area contributed by atoms with Crippen molar-refractivity contribution in [3.8, 4) is 11.1 Å². The summed E-state index contributed by atoms with van der Waals surface area (Å²) in [4.78, 5) is 0. The summed E-state index contributed by atoms with van der Waals surface area (Å²) in [6.07, 6.45) is 16.6. The van der Waals surface area contributed by atoms with Crippen LogP contribution in [0.25, 0.3) is 22.3 Å². The topological polar surface area (TPSA) is 0 Å². The Hall–Kier alpha value is -2.70. The first-order valence-corrected chi connectivity index (χ1v) is 15.7. The van der Waals surface area contributed by atoms with Crippen molar-refractivity contribution in [1.82, 2.24) is 0 Å². The van der Waals surface area contributed by atoms with Crippen LogP contribution in [0.5, 0.6) is 0 Å². The molecular formula is C37H28I2. The van der Waals surface area contributed by atoms with Crippen molar-refractivity contribution in [3.63, 3.8) is 0 Å². The normalized spacial score (nSPS) is 24.5. The van der Waals surface area contributed by atoms with Gasteiger partial charge in [0.1, 0.15) is 0 Å². The molecule has 190 valence electrons. The van der Waals surface area contributed by atoms with Crippen LogP contribution in [-0.4, -0.2) is 6.84 Å². The van der Waals surface area contributed by atoms with Gasteiger partial charge in [0.05, 0.1) is 12.3 Å². The Morgan fingerprint density at radius 3 is 1.23 bits per heavy atom. The number of rotatable bonds is 4. The molecule has 0 amide bonds. The summed E-state index contributed by atoms with van der Waals surface area (Å²) in [5.74, 6) is 0. The van der Waals surface area contributed by atoms with E-state index in [-0.39, 0.29) is 12.3 Å². The third kappa shape index (κ3) is 3.81. The summed E-state index contributed by atoms with van der Waals surface area (Å²) < 4.78 is -0.315. The van der Waals surface area contributed by atoms with E-state index in [2.05, 4.69) is 191 Å². The Morgan fingerprint density at radius 1 is 0.462 bits per heavy atom. The van der Waals surface area contributed by atoms with E-state index in [0.29, 0.717) is 0 Å². The van der Waals surface area contributed by atoms with Crippen molar-refractivity contribution in [2.45, 2.75) is 25.1 Å². The quantitative estimate of drug-likeness (QED) is 0.145. The maximum Gasteiger partial charge on any atom is 0.0592 e. The van der Waals surface area contributed by atoms with Crippen LogP contribution >= 0.6 is 45.2 Å². The van der Waals surface area contributed by atoms with Crippen molar-refractivity contribution in [2.24, 2.45) is 0 Å². The number of halogens is 2. The maximum atomic E-state index is 2.81. The molecule has 0 N–H and O–H groups in total. The van der Waals surface area contributed by atoms with Crippen molar-refractivity contribution < 1.29 is 0 Å². The van der Waals surface area contributed by atoms with Crippen molar-refractivity contribution >= 4 is 56.3 Å². The number of fused-ring (bicyclic) bond motifs is 3. The Labute approximate surface area is 258 Å². The minimum absolute atomic E-state index is 0.157. The highest BCUT2D eigenvalue weighted by Crippen LogP contribution is 2.68. The lowest BCUT2D eigenvalue weighted by Crippen LogP contribution is -2.58. The molecule has 0 spiro atoms. The SMILES string of the molecule is IC1(C2(C3(I)C=CC(c4ccccc4)=CC3)c3ccccc3-c3ccccc32)C=CC(c2ccccc2)=CC1. The molecule has 7 rings (SSSR count). The molecule has 39 heavy (non-hydrogen) atoms. The Balaban J connectivity index is 1.42. The lowest BCUT2D eigenvalue weighted by molar-refractivity contribution is 0.384. The number of allylic oxidation sites excluding steroid dienone is 8.